The zero-order valence-corrected chi connectivity index (χ0v) is 12.0. The Morgan fingerprint density at radius 3 is 2.57 bits per heavy atom. The van der Waals surface area contributed by atoms with Crippen LogP contribution in [0.15, 0.2) is 54.7 Å². The molecule has 1 amide bonds. The van der Waals surface area contributed by atoms with Crippen molar-refractivity contribution >= 4 is 16.8 Å². The van der Waals surface area contributed by atoms with Crippen molar-refractivity contribution in [2.24, 2.45) is 7.05 Å². The van der Waals surface area contributed by atoms with Crippen LogP contribution in [0.3, 0.4) is 0 Å². The van der Waals surface area contributed by atoms with E-state index in [4.69, 9.17) is 4.84 Å². The van der Waals surface area contributed by atoms with E-state index in [1.54, 1.807) is 6.07 Å². The van der Waals surface area contributed by atoms with Crippen LogP contribution < -0.4 is 5.48 Å². The zero-order chi connectivity index (χ0) is 14.8. The van der Waals surface area contributed by atoms with Gasteiger partial charge in [0.1, 0.15) is 0 Å². The molecule has 0 saturated heterocycles. The van der Waals surface area contributed by atoms with Crippen molar-refractivity contribution < 1.29 is 9.63 Å². The van der Waals surface area contributed by atoms with Crippen LogP contribution in [0, 0.1) is 0 Å². The molecule has 4 heteroatoms. The van der Waals surface area contributed by atoms with Crippen LogP contribution in [-0.4, -0.2) is 17.6 Å². The number of hydrogen-bond acceptors (Lipinski definition) is 2. The standard InChI is InChI=1S/C17H16N2O2/c1-19-11-15(13-8-5-6-10-16(13)19)12-7-3-4-9-14(12)17(20)18-21-2/h3-11H,1-2H3,(H,18,20). The van der Waals surface area contributed by atoms with Gasteiger partial charge in [-0.15, -0.1) is 0 Å². The first kappa shape index (κ1) is 13.4. The molecule has 0 saturated carbocycles. The Hall–Kier alpha value is -2.59. The maximum atomic E-state index is 12.1. The Labute approximate surface area is 122 Å². The number of fused-ring (bicyclic) bond motifs is 1. The van der Waals surface area contributed by atoms with E-state index in [0.29, 0.717) is 5.56 Å². The lowest BCUT2D eigenvalue weighted by Crippen LogP contribution is -2.22. The average Bonchev–Trinajstić information content (AvgIpc) is 2.85. The molecule has 0 aliphatic rings. The predicted octanol–water partition coefficient (Wildman–Crippen LogP) is 3.14. The van der Waals surface area contributed by atoms with Gasteiger partial charge in [-0.3, -0.25) is 9.63 Å². The lowest BCUT2D eigenvalue weighted by molar-refractivity contribution is 0.0538. The first-order valence-electron chi connectivity index (χ1n) is 6.69. The van der Waals surface area contributed by atoms with E-state index in [-0.39, 0.29) is 5.91 Å². The second kappa shape index (κ2) is 5.42. The van der Waals surface area contributed by atoms with Gasteiger partial charge < -0.3 is 4.57 Å². The van der Waals surface area contributed by atoms with Gasteiger partial charge in [-0.25, -0.2) is 5.48 Å². The summed E-state index contributed by atoms with van der Waals surface area (Å²) >= 11 is 0. The van der Waals surface area contributed by atoms with E-state index in [2.05, 4.69) is 22.2 Å². The minimum absolute atomic E-state index is 0.249. The molecule has 0 radical (unpaired) electrons. The van der Waals surface area contributed by atoms with Crippen LogP contribution >= 0.6 is 0 Å². The Morgan fingerprint density at radius 2 is 1.76 bits per heavy atom. The third-order valence-corrected chi connectivity index (χ3v) is 3.55. The molecule has 21 heavy (non-hydrogen) atoms. The van der Waals surface area contributed by atoms with Gasteiger partial charge in [-0.05, 0) is 17.7 Å². The van der Waals surface area contributed by atoms with Crippen molar-refractivity contribution in [1.82, 2.24) is 10.0 Å². The monoisotopic (exact) mass is 280 g/mol. The lowest BCUT2D eigenvalue weighted by atomic mass is 9.99. The zero-order valence-electron chi connectivity index (χ0n) is 12.0. The molecule has 1 aromatic heterocycles. The molecule has 3 rings (SSSR count). The third kappa shape index (κ3) is 2.30. The summed E-state index contributed by atoms with van der Waals surface area (Å²) in [5, 5.41) is 1.12. The number of carbonyl (C=O) groups excluding carboxylic acids is 1. The number of hydroxylamine groups is 1. The number of hydrogen-bond donors (Lipinski definition) is 1. The van der Waals surface area contributed by atoms with Crippen LogP contribution in [-0.2, 0) is 11.9 Å². The lowest BCUT2D eigenvalue weighted by Gasteiger charge is -2.08. The van der Waals surface area contributed by atoms with Crippen molar-refractivity contribution in [3.63, 3.8) is 0 Å². The molecular formula is C17H16N2O2. The Bertz CT molecular complexity index is 805. The van der Waals surface area contributed by atoms with Crippen molar-refractivity contribution in [2.45, 2.75) is 0 Å². The Kier molecular flexibility index (Phi) is 3.46. The molecule has 0 unspecified atom stereocenters. The highest BCUT2D eigenvalue weighted by Crippen LogP contribution is 2.32. The summed E-state index contributed by atoms with van der Waals surface area (Å²) in [5.74, 6) is -0.249. The van der Waals surface area contributed by atoms with Gasteiger partial charge >= 0.3 is 0 Å². The number of nitrogens with one attached hydrogen (secondary N) is 1. The van der Waals surface area contributed by atoms with E-state index < -0.39 is 0 Å². The molecule has 0 atom stereocenters. The molecule has 4 nitrogen and oxygen atoms in total. The van der Waals surface area contributed by atoms with Crippen molar-refractivity contribution in [3.05, 3.63) is 60.3 Å². The highest BCUT2D eigenvalue weighted by atomic mass is 16.6. The van der Waals surface area contributed by atoms with Crippen LogP contribution in [0.4, 0.5) is 0 Å². The van der Waals surface area contributed by atoms with Gasteiger partial charge in [-0.2, -0.15) is 0 Å². The second-order valence-corrected chi connectivity index (χ2v) is 4.85. The molecular weight excluding hydrogens is 264 g/mol. The number of aromatic nitrogens is 1. The number of para-hydroxylation sites is 1. The minimum atomic E-state index is -0.249. The molecule has 106 valence electrons. The minimum Gasteiger partial charge on any atom is -0.350 e. The van der Waals surface area contributed by atoms with Crippen LogP contribution in [0.1, 0.15) is 10.4 Å². The van der Waals surface area contributed by atoms with E-state index in [9.17, 15) is 4.79 Å². The molecule has 1 heterocycles. The van der Waals surface area contributed by atoms with Crippen molar-refractivity contribution in [3.8, 4) is 11.1 Å². The number of amides is 1. The Balaban J connectivity index is 2.22. The number of aryl methyl sites for hydroxylation is 1. The quantitative estimate of drug-likeness (QED) is 0.749. The van der Waals surface area contributed by atoms with Gasteiger partial charge in [0, 0.05) is 35.3 Å². The summed E-state index contributed by atoms with van der Waals surface area (Å²) in [4.78, 5) is 16.9. The Morgan fingerprint density at radius 1 is 1.05 bits per heavy atom. The normalized spacial score (nSPS) is 10.8. The van der Waals surface area contributed by atoms with Crippen molar-refractivity contribution in [2.75, 3.05) is 7.11 Å². The van der Waals surface area contributed by atoms with Gasteiger partial charge in [0.15, 0.2) is 0 Å². The summed E-state index contributed by atoms with van der Waals surface area (Å²) in [5.41, 5.74) is 6.04. The predicted molar refractivity (Wildman–Crippen MR) is 82.8 cm³/mol. The van der Waals surface area contributed by atoms with Gasteiger partial charge in [0.05, 0.1) is 7.11 Å². The summed E-state index contributed by atoms with van der Waals surface area (Å²) in [6.07, 6.45) is 2.05. The van der Waals surface area contributed by atoms with Gasteiger partial charge in [-0.1, -0.05) is 36.4 Å². The fourth-order valence-corrected chi connectivity index (χ4v) is 2.62. The van der Waals surface area contributed by atoms with E-state index in [1.165, 1.54) is 7.11 Å². The highest BCUT2D eigenvalue weighted by molar-refractivity contribution is 6.05. The average molecular weight is 280 g/mol. The molecule has 0 fully saturated rings. The third-order valence-electron chi connectivity index (χ3n) is 3.55. The molecule has 0 aliphatic carbocycles. The van der Waals surface area contributed by atoms with Crippen molar-refractivity contribution in [1.29, 1.82) is 0 Å². The fraction of sp³-hybridized carbons (Fsp3) is 0.118. The number of carbonyl (C=O) groups is 1. The van der Waals surface area contributed by atoms with Crippen LogP contribution in [0.5, 0.6) is 0 Å². The molecule has 0 aliphatic heterocycles. The maximum Gasteiger partial charge on any atom is 0.275 e. The molecule has 2 aromatic carbocycles. The molecule has 0 spiro atoms. The highest BCUT2D eigenvalue weighted by Gasteiger charge is 2.15. The molecule has 0 bridgehead atoms. The van der Waals surface area contributed by atoms with Crippen LogP contribution in [0.2, 0.25) is 0 Å². The van der Waals surface area contributed by atoms with Gasteiger partial charge in [0.2, 0.25) is 0 Å². The number of nitrogens with zero attached hydrogens (tertiary/aromatic N) is 1. The molecule has 3 aromatic rings. The summed E-state index contributed by atoms with van der Waals surface area (Å²) in [6.45, 7) is 0. The fourth-order valence-electron chi connectivity index (χ4n) is 2.62. The second-order valence-electron chi connectivity index (χ2n) is 4.85. The van der Waals surface area contributed by atoms with E-state index >= 15 is 0 Å². The summed E-state index contributed by atoms with van der Waals surface area (Å²) < 4.78 is 2.07. The smallest absolute Gasteiger partial charge is 0.275 e. The number of benzene rings is 2. The summed E-state index contributed by atoms with van der Waals surface area (Å²) in [7, 11) is 3.43. The van der Waals surface area contributed by atoms with E-state index in [1.807, 2.05) is 43.6 Å². The summed E-state index contributed by atoms with van der Waals surface area (Å²) in [6, 6.07) is 15.7. The van der Waals surface area contributed by atoms with Gasteiger partial charge in [0.25, 0.3) is 5.91 Å². The number of rotatable bonds is 3. The van der Waals surface area contributed by atoms with Crippen LogP contribution in [0.25, 0.3) is 22.0 Å². The largest absolute Gasteiger partial charge is 0.350 e. The molecule has 1 N–H and O–H groups in total. The maximum absolute atomic E-state index is 12.1. The topological polar surface area (TPSA) is 43.3 Å². The first-order chi connectivity index (χ1) is 10.2. The van der Waals surface area contributed by atoms with E-state index in [0.717, 1.165) is 22.0 Å². The SMILES string of the molecule is CONC(=O)c1ccccc1-c1cn(C)c2ccccc12. The first-order valence-corrected chi connectivity index (χ1v) is 6.69.